The van der Waals surface area contributed by atoms with Crippen LogP contribution in [0.25, 0.3) is 0 Å². The lowest BCUT2D eigenvalue weighted by atomic mass is 10.00. The molecule has 1 heterocycles. The van der Waals surface area contributed by atoms with E-state index in [1.807, 2.05) is 0 Å². The molecule has 96 valence electrons. The Morgan fingerprint density at radius 2 is 2.00 bits per heavy atom. The molecule has 0 spiro atoms. The Hall–Kier alpha value is -0.0800. The maximum Gasteiger partial charge on any atom is 0.0221 e. The Morgan fingerprint density at radius 3 is 2.56 bits per heavy atom. The van der Waals surface area contributed by atoms with Crippen LogP contribution in [0.15, 0.2) is 0 Å². The zero-order valence-electron chi connectivity index (χ0n) is 11.6. The van der Waals surface area contributed by atoms with Gasteiger partial charge >= 0.3 is 0 Å². The van der Waals surface area contributed by atoms with Gasteiger partial charge in [-0.1, -0.05) is 33.6 Å². The second-order valence-electron chi connectivity index (χ2n) is 5.29. The van der Waals surface area contributed by atoms with Crippen molar-refractivity contribution >= 4 is 0 Å². The number of hydrogen-bond acceptors (Lipinski definition) is 2. The van der Waals surface area contributed by atoms with Crippen LogP contribution in [0.5, 0.6) is 0 Å². The minimum atomic E-state index is 0.729. The van der Waals surface area contributed by atoms with E-state index in [1.54, 1.807) is 0 Å². The van der Waals surface area contributed by atoms with Crippen LogP contribution >= 0.6 is 0 Å². The Balaban J connectivity index is 2.52. The third kappa shape index (κ3) is 3.74. The van der Waals surface area contributed by atoms with Crippen molar-refractivity contribution in [2.75, 3.05) is 13.1 Å². The quantitative estimate of drug-likeness (QED) is 0.749. The predicted molar refractivity (Wildman–Crippen MR) is 71.9 cm³/mol. The van der Waals surface area contributed by atoms with Gasteiger partial charge < -0.3 is 5.32 Å². The molecular formula is C14H30N2. The average molecular weight is 226 g/mol. The molecule has 1 saturated heterocycles. The molecule has 1 N–H and O–H groups in total. The fraction of sp³-hybridized carbons (Fsp3) is 1.00. The second kappa shape index (κ2) is 7.29. The summed E-state index contributed by atoms with van der Waals surface area (Å²) in [5, 5.41) is 3.71. The van der Waals surface area contributed by atoms with Gasteiger partial charge in [-0.3, -0.25) is 4.90 Å². The highest BCUT2D eigenvalue weighted by molar-refractivity contribution is 4.87. The molecule has 1 aliphatic rings. The molecule has 3 atom stereocenters. The zero-order valence-corrected chi connectivity index (χ0v) is 11.6. The third-order valence-corrected chi connectivity index (χ3v) is 3.92. The summed E-state index contributed by atoms with van der Waals surface area (Å²) in [6, 6.07) is 2.25. The molecule has 0 aromatic carbocycles. The third-order valence-electron chi connectivity index (χ3n) is 3.92. The van der Waals surface area contributed by atoms with Crippen LogP contribution in [0.1, 0.15) is 59.8 Å². The summed E-state index contributed by atoms with van der Waals surface area (Å²) in [4.78, 5) is 2.75. The molecular weight excluding hydrogens is 196 g/mol. The van der Waals surface area contributed by atoms with Crippen LogP contribution in [0.2, 0.25) is 0 Å². The van der Waals surface area contributed by atoms with Gasteiger partial charge in [-0.25, -0.2) is 0 Å². The highest BCUT2D eigenvalue weighted by atomic mass is 15.2. The SMILES string of the molecule is CCCC1CN(C(C)CCC)C(CC)CN1. The molecule has 3 unspecified atom stereocenters. The standard InChI is InChI=1S/C14H30N2/c1-5-8-12(4)16-11-13(9-6-2)15-10-14(16)7-3/h12-15H,5-11H2,1-4H3. The molecule has 2 heteroatoms. The molecule has 1 fully saturated rings. The van der Waals surface area contributed by atoms with Gasteiger partial charge in [0.15, 0.2) is 0 Å². The summed E-state index contributed by atoms with van der Waals surface area (Å²) >= 11 is 0. The van der Waals surface area contributed by atoms with E-state index >= 15 is 0 Å². The van der Waals surface area contributed by atoms with Crippen molar-refractivity contribution in [2.45, 2.75) is 77.9 Å². The van der Waals surface area contributed by atoms with E-state index in [1.165, 1.54) is 45.2 Å². The first-order valence-corrected chi connectivity index (χ1v) is 7.21. The molecule has 0 aromatic rings. The first kappa shape index (κ1) is 14.0. The van der Waals surface area contributed by atoms with Gasteiger partial charge in [-0.2, -0.15) is 0 Å². The Bertz CT molecular complexity index is 182. The number of rotatable bonds is 6. The van der Waals surface area contributed by atoms with E-state index < -0.39 is 0 Å². The topological polar surface area (TPSA) is 15.3 Å². The smallest absolute Gasteiger partial charge is 0.0221 e. The van der Waals surface area contributed by atoms with Crippen LogP contribution in [-0.4, -0.2) is 36.1 Å². The number of piperazine rings is 1. The lowest BCUT2D eigenvalue weighted by Crippen LogP contribution is -2.58. The Labute approximate surface area is 102 Å². The van der Waals surface area contributed by atoms with Gasteiger partial charge in [0.2, 0.25) is 0 Å². The molecule has 2 nitrogen and oxygen atoms in total. The normalized spacial score (nSPS) is 29.2. The van der Waals surface area contributed by atoms with Crippen LogP contribution < -0.4 is 5.32 Å². The van der Waals surface area contributed by atoms with Gasteiger partial charge in [0.05, 0.1) is 0 Å². The maximum absolute atomic E-state index is 3.71. The van der Waals surface area contributed by atoms with Gasteiger partial charge in [0.1, 0.15) is 0 Å². The van der Waals surface area contributed by atoms with E-state index in [4.69, 9.17) is 0 Å². The van der Waals surface area contributed by atoms with Crippen LogP contribution in [0.4, 0.5) is 0 Å². The fourth-order valence-corrected chi connectivity index (χ4v) is 2.93. The van der Waals surface area contributed by atoms with E-state index in [9.17, 15) is 0 Å². The molecule has 0 radical (unpaired) electrons. The lowest BCUT2D eigenvalue weighted by molar-refractivity contribution is 0.0794. The van der Waals surface area contributed by atoms with E-state index in [-0.39, 0.29) is 0 Å². The Morgan fingerprint density at radius 1 is 1.25 bits per heavy atom. The summed E-state index contributed by atoms with van der Waals surface area (Å²) in [6.45, 7) is 11.7. The molecule has 0 amide bonds. The molecule has 0 saturated carbocycles. The minimum absolute atomic E-state index is 0.729. The van der Waals surface area contributed by atoms with Crippen molar-refractivity contribution in [1.82, 2.24) is 10.2 Å². The van der Waals surface area contributed by atoms with Gasteiger partial charge in [-0.05, 0) is 26.2 Å². The van der Waals surface area contributed by atoms with Crippen molar-refractivity contribution in [3.8, 4) is 0 Å². The van der Waals surface area contributed by atoms with Crippen LogP contribution in [0.3, 0.4) is 0 Å². The van der Waals surface area contributed by atoms with Crippen molar-refractivity contribution in [3.63, 3.8) is 0 Å². The average Bonchev–Trinajstić information content (AvgIpc) is 2.30. The van der Waals surface area contributed by atoms with Crippen molar-refractivity contribution in [1.29, 1.82) is 0 Å². The summed E-state index contributed by atoms with van der Waals surface area (Å²) < 4.78 is 0. The monoisotopic (exact) mass is 226 g/mol. The van der Waals surface area contributed by atoms with Crippen LogP contribution in [-0.2, 0) is 0 Å². The fourth-order valence-electron chi connectivity index (χ4n) is 2.93. The first-order chi connectivity index (χ1) is 7.72. The lowest BCUT2D eigenvalue weighted by Gasteiger charge is -2.43. The van der Waals surface area contributed by atoms with Gasteiger partial charge in [0, 0.05) is 31.2 Å². The zero-order chi connectivity index (χ0) is 12.0. The number of hydrogen-bond donors (Lipinski definition) is 1. The minimum Gasteiger partial charge on any atom is -0.311 e. The molecule has 1 rings (SSSR count). The summed E-state index contributed by atoms with van der Waals surface area (Å²) in [7, 11) is 0. The molecule has 0 bridgehead atoms. The summed E-state index contributed by atoms with van der Waals surface area (Å²) in [5.74, 6) is 0. The Kier molecular flexibility index (Phi) is 6.37. The van der Waals surface area contributed by atoms with E-state index in [2.05, 4.69) is 37.9 Å². The van der Waals surface area contributed by atoms with Crippen molar-refractivity contribution in [3.05, 3.63) is 0 Å². The summed E-state index contributed by atoms with van der Waals surface area (Å²) in [6.07, 6.45) is 6.55. The highest BCUT2D eigenvalue weighted by Gasteiger charge is 2.28. The number of nitrogens with zero attached hydrogens (tertiary/aromatic N) is 1. The largest absolute Gasteiger partial charge is 0.311 e. The molecule has 0 aromatic heterocycles. The summed E-state index contributed by atoms with van der Waals surface area (Å²) in [5.41, 5.74) is 0. The van der Waals surface area contributed by atoms with E-state index in [0.29, 0.717) is 0 Å². The first-order valence-electron chi connectivity index (χ1n) is 7.21. The van der Waals surface area contributed by atoms with Gasteiger partial charge in [-0.15, -0.1) is 0 Å². The molecule has 0 aliphatic carbocycles. The molecule has 16 heavy (non-hydrogen) atoms. The van der Waals surface area contributed by atoms with Crippen molar-refractivity contribution in [2.24, 2.45) is 0 Å². The van der Waals surface area contributed by atoms with Crippen LogP contribution in [0, 0.1) is 0 Å². The molecule has 1 aliphatic heterocycles. The maximum atomic E-state index is 3.71. The predicted octanol–water partition coefficient (Wildman–Crippen LogP) is 3.03. The highest BCUT2D eigenvalue weighted by Crippen LogP contribution is 2.18. The van der Waals surface area contributed by atoms with Gasteiger partial charge in [0.25, 0.3) is 0 Å². The second-order valence-corrected chi connectivity index (χ2v) is 5.29. The van der Waals surface area contributed by atoms with E-state index in [0.717, 1.165) is 18.1 Å². The number of nitrogens with one attached hydrogen (secondary N) is 1. The van der Waals surface area contributed by atoms with Crippen molar-refractivity contribution < 1.29 is 0 Å².